The first-order valence-corrected chi connectivity index (χ1v) is 9.27. The normalized spacial score (nSPS) is 20.2. The van der Waals surface area contributed by atoms with Crippen LogP contribution in [-0.4, -0.2) is 19.0 Å². The Kier molecular flexibility index (Phi) is 6.44. The van der Waals surface area contributed by atoms with Crippen molar-refractivity contribution in [3.8, 4) is 11.8 Å². The average molecular weight is 347 g/mol. The molecule has 1 aromatic rings. The first-order chi connectivity index (χ1) is 11.4. The predicted octanol–water partition coefficient (Wildman–Crippen LogP) is 4.31. The molecule has 2 rings (SSSR count). The van der Waals surface area contributed by atoms with Crippen LogP contribution in [0.25, 0.3) is 0 Å². The third kappa shape index (κ3) is 4.85. The summed E-state index contributed by atoms with van der Waals surface area (Å²) in [6, 6.07) is 1.77. The first kappa shape index (κ1) is 18.5. The zero-order chi connectivity index (χ0) is 17.7. The van der Waals surface area contributed by atoms with Gasteiger partial charge in [-0.3, -0.25) is 4.79 Å². The Morgan fingerprint density at radius 1 is 1.29 bits per heavy atom. The zero-order valence-electron chi connectivity index (χ0n) is 14.8. The Hall–Kier alpha value is -1.80. The molecule has 1 fully saturated rings. The molecule has 24 heavy (non-hydrogen) atoms. The summed E-state index contributed by atoms with van der Waals surface area (Å²) in [5.74, 6) is 6.65. The van der Waals surface area contributed by atoms with Gasteiger partial charge in [0.15, 0.2) is 0 Å². The Morgan fingerprint density at radius 3 is 2.54 bits per heavy atom. The van der Waals surface area contributed by atoms with Crippen molar-refractivity contribution in [2.75, 3.05) is 12.4 Å². The van der Waals surface area contributed by atoms with E-state index in [1.54, 1.807) is 6.07 Å². The SMILES string of the molecule is COC(=O)c1sc(C#CC(C)C)cc1NC(=O)[C@H]1CC[C@H](C)CC1. The molecular formula is C19H25NO3S. The van der Waals surface area contributed by atoms with Gasteiger partial charge in [-0.1, -0.05) is 32.6 Å². The van der Waals surface area contributed by atoms with E-state index in [0.29, 0.717) is 16.5 Å². The van der Waals surface area contributed by atoms with Crippen LogP contribution in [0.5, 0.6) is 0 Å². The molecule has 5 heteroatoms. The van der Waals surface area contributed by atoms with E-state index >= 15 is 0 Å². The van der Waals surface area contributed by atoms with E-state index in [1.165, 1.54) is 18.4 Å². The van der Waals surface area contributed by atoms with E-state index in [4.69, 9.17) is 4.74 Å². The number of rotatable bonds is 3. The fourth-order valence-electron chi connectivity index (χ4n) is 2.76. The molecule has 4 nitrogen and oxygen atoms in total. The van der Waals surface area contributed by atoms with Crippen LogP contribution in [0.2, 0.25) is 0 Å². The first-order valence-electron chi connectivity index (χ1n) is 8.45. The van der Waals surface area contributed by atoms with E-state index in [0.717, 1.165) is 30.6 Å². The van der Waals surface area contributed by atoms with Gasteiger partial charge in [-0.25, -0.2) is 4.79 Å². The summed E-state index contributed by atoms with van der Waals surface area (Å²) in [7, 11) is 1.34. The summed E-state index contributed by atoms with van der Waals surface area (Å²) in [5, 5.41) is 2.92. The van der Waals surface area contributed by atoms with Gasteiger partial charge in [0.2, 0.25) is 5.91 Å². The number of anilines is 1. The van der Waals surface area contributed by atoms with E-state index in [9.17, 15) is 9.59 Å². The molecule has 0 unspecified atom stereocenters. The number of esters is 1. The van der Waals surface area contributed by atoms with Gasteiger partial charge in [0.1, 0.15) is 4.88 Å². The lowest BCUT2D eigenvalue weighted by Crippen LogP contribution is -2.27. The summed E-state index contributed by atoms with van der Waals surface area (Å²) in [6.07, 6.45) is 3.98. The fraction of sp³-hybridized carbons (Fsp3) is 0.579. The molecular weight excluding hydrogens is 322 g/mol. The number of ether oxygens (including phenoxy) is 1. The van der Waals surface area contributed by atoms with Gasteiger partial charge in [0.25, 0.3) is 0 Å². The highest BCUT2D eigenvalue weighted by Gasteiger charge is 2.26. The summed E-state index contributed by atoms with van der Waals surface area (Å²) >= 11 is 1.26. The highest BCUT2D eigenvalue weighted by molar-refractivity contribution is 7.15. The average Bonchev–Trinajstić information content (AvgIpc) is 2.95. The molecule has 1 aliphatic rings. The number of carbonyl (C=O) groups excluding carboxylic acids is 2. The maximum absolute atomic E-state index is 12.5. The summed E-state index contributed by atoms with van der Waals surface area (Å²) in [4.78, 5) is 25.7. The molecule has 1 aromatic heterocycles. The number of thiophene rings is 1. The predicted molar refractivity (Wildman–Crippen MR) is 97.1 cm³/mol. The number of methoxy groups -OCH3 is 1. The Balaban J connectivity index is 2.17. The van der Waals surface area contributed by atoms with Crippen molar-refractivity contribution in [2.24, 2.45) is 17.8 Å². The van der Waals surface area contributed by atoms with Crippen LogP contribution in [0.3, 0.4) is 0 Å². The van der Waals surface area contributed by atoms with Gasteiger partial charge in [0, 0.05) is 11.8 Å². The van der Waals surface area contributed by atoms with E-state index in [-0.39, 0.29) is 17.7 Å². The third-order valence-corrected chi connectivity index (χ3v) is 5.26. The second-order valence-electron chi connectivity index (χ2n) is 6.72. The highest BCUT2D eigenvalue weighted by Crippen LogP contribution is 2.32. The largest absolute Gasteiger partial charge is 0.465 e. The lowest BCUT2D eigenvalue weighted by atomic mass is 9.82. The number of hydrogen-bond donors (Lipinski definition) is 1. The van der Waals surface area contributed by atoms with Gasteiger partial charge in [-0.05, 0) is 37.7 Å². The standard InChI is InChI=1S/C19H25NO3S/c1-12(2)5-10-15-11-16(17(24-15)19(22)23-4)20-18(21)14-8-6-13(3)7-9-14/h11-14H,6-9H2,1-4H3,(H,20,21)/t13-,14-. The third-order valence-electron chi connectivity index (χ3n) is 4.23. The molecule has 1 saturated carbocycles. The molecule has 0 spiro atoms. The lowest BCUT2D eigenvalue weighted by molar-refractivity contribution is -0.121. The molecule has 1 amide bonds. The maximum Gasteiger partial charge on any atom is 0.350 e. The van der Waals surface area contributed by atoms with Crippen LogP contribution < -0.4 is 5.32 Å². The van der Waals surface area contributed by atoms with Gasteiger partial charge < -0.3 is 10.1 Å². The zero-order valence-corrected chi connectivity index (χ0v) is 15.6. The van der Waals surface area contributed by atoms with Crippen molar-refractivity contribution in [3.63, 3.8) is 0 Å². The molecule has 0 bridgehead atoms. The van der Waals surface area contributed by atoms with Crippen LogP contribution >= 0.6 is 11.3 Å². The molecule has 0 atom stereocenters. The summed E-state index contributed by atoms with van der Waals surface area (Å²) in [6.45, 7) is 6.24. The summed E-state index contributed by atoms with van der Waals surface area (Å²) in [5.41, 5.74) is 0.517. The van der Waals surface area contributed by atoms with Crippen LogP contribution in [0, 0.1) is 29.6 Å². The van der Waals surface area contributed by atoms with Crippen LogP contribution in [0.1, 0.15) is 61.0 Å². The molecule has 0 aromatic carbocycles. The van der Waals surface area contributed by atoms with E-state index < -0.39 is 5.97 Å². The lowest BCUT2D eigenvalue weighted by Gasteiger charge is -2.25. The smallest absolute Gasteiger partial charge is 0.350 e. The minimum Gasteiger partial charge on any atom is -0.465 e. The van der Waals surface area contributed by atoms with Crippen LogP contribution in [0.4, 0.5) is 5.69 Å². The summed E-state index contributed by atoms with van der Waals surface area (Å²) < 4.78 is 4.83. The van der Waals surface area contributed by atoms with Crippen molar-refractivity contribution in [3.05, 3.63) is 15.8 Å². The molecule has 0 aliphatic heterocycles. The van der Waals surface area contributed by atoms with E-state index in [2.05, 4.69) is 24.1 Å². The number of carbonyl (C=O) groups is 2. The Bertz CT molecular complexity index is 658. The Morgan fingerprint density at radius 2 is 1.96 bits per heavy atom. The van der Waals surface area contributed by atoms with Crippen molar-refractivity contribution in [1.82, 2.24) is 0 Å². The molecule has 1 N–H and O–H groups in total. The highest BCUT2D eigenvalue weighted by atomic mass is 32.1. The minimum absolute atomic E-state index is 0.00628. The van der Waals surface area contributed by atoms with Gasteiger partial charge in [0.05, 0.1) is 17.7 Å². The molecule has 1 heterocycles. The van der Waals surface area contributed by atoms with Gasteiger partial charge >= 0.3 is 5.97 Å². The topological polar surface area (TPSA) is 55.4 Å². The number of hydrogen-bond acceptors (Lipinski definition) is 4. The van der Waals surface area contributed by atoms with E-state index in [1.807, 2.05) is 13.8 Å². The van der Waals surface area contributed by atoms with Crippen molar-refractivity contribution in [2.45, 2.75) is 46.5 Å². The minimum atomic E-state index is -0.440. The molecule has 130 valence electrons. The van der Waals surface area contributed by atoms with Crippen molar-refractivity contribution in [1.29, 1.82) is 0 Å². The van der Waals surface area contributed by atoms with Crippen LogP contribution in [0.15, 0.2) is 6.07 Å². The second kappa shape index (κ2) is 8.34. The van der Waals surface area contributed by atoms with Crippen LogP contribution in [-0.2, 0) is 9.53 Å². The molecule has 1 aliphatic carbocycles. The number of nitrogens with one attached hydrogen (secondary N) is 1. The van der Waals surface area contributed by atoms with Gasteiger partial charge in [-0.2, -0.15) is 0 Å². The molecule has 0 radical (unpaired) electrons. The second-order valence-corrected chi connectivity index (χ2v) is 7.77. The van der Waals surface area contributed by atoms with Crippen molar-refractivity contribution >= 4 is 28.9 Å². The van der Waals surface area contributed by atoms with Gasteiger partial charge in [-0.15, -0.1) is 11.3 Å². The fourth-order valence-corrected chi connectivity index (χ4v) is 3.66. The van der Waals surface area contributed by atoms with Crippen molar-refractivity contribution < 1.29 is 14.3 Å². The molecule has 0 saturated heterocycles. The number of amides is 1. The monoisotopic (exact) mass is 347 g/mol. The quantitative estimate of drug-likeness (QED) is 0.655. The maximum atomic E-state index is 12.5. The Labute approximate surface area is 148 Å².